The molecule has 0 saturated carbocycles. The van der Waals surface area contributed by atoms with Crippen LogP contribution in [0.2, 0.25) is 0 Å². The summed E-state index contributed by atoms with van der Waals surface area (Å²) >= 11 is 0. The normalized spacial score (nSPS) is 12.0. The highest BCUT2D eigenvalue weighted by atomic mass is 19.1. The van der Waals surface area contributed by atoms with Crippen molar-refractivity contribution in [3.05, 3.63) is 143 Å². The Kier molecular flexibility index (Phi) is 6.77. The maximum atomic E-state index is 14.9. The van der Waals surface area contributed by atoms with Crippen molar-refractivity contribution in [2.75, 3.05) is 0 Å². The van der Waals surface area contributed by atoms with E-state index in [4.69, 9.17) is 0 Å². The summed E-state index contributed by atoms with van der Waals surface area (Å²) in [6.45, 7) is 1.85. The molecule has 2 heterocycles. The zero-order valence-electron chi connectivity index (χ0n) is 22.2. The number of hydrogen-bond acceptors (Lipinski definition) is 3. The number of nitrogens with one attached hydrogen (secondary N) is 1. The van der Waals surface area contributed by atoms with Crippen molar-refractivity contribution >= 4 is 28.2 Å². The Morgan fingerprint density at radius 3 is 2.41 bits per heavy atom. The van der Waals surface area contributed by atoms with Crippen LogP contribution in [0.15, 0.2) is 109 Å². The molecular formula is C34H26FN3O3. The molecule has 4 aromatic carbocycles. The number of amides is 1. The molecule has 0 fully saturated rings. The lowest BCUT2D eigenvalue weighted by Gasteiger charge is -2.16. The molecule has 7 heteroatoms. The Morgan fingerprint density at radius 1 is 0.927 bits per heavy atom. The molecule has 0 radical (unpaired) electrons. The first-order valence-electron chi connectivity index (χ1n) is 13.2. The molecule has 6 nitrogen and oxygen atoms in total. The number of hydrogen-bond donors (Lipinski definition) is 2. The number of aromatic nitrogens is 2. The van der Waals surface area contributed by atoms with Crippen molar-refractivity contribution < 1.29 is 19.1 Å². The van der Waals surface area contributed by atoms with Crippen LogP contribution < -0.4 is 5.32 Å². The van der Waals surface area contributed by atoms with Crippen molar-refractivity contribution in [2.45, 2.75) is 19.4 Å². The number of fused-ring (bicyclic) bond motifs is 2. The number of pyridine rings is 1. The number of rotatable bonds is 7. The summed E-state index contributed by atoms with van der Waals surface area (Å²) in [6, 6.07) is 28.5. The predicted molar refractivity (Wildman–Crippen MR) is 157 cm³/mol. The highest BCUT2D eigenvalue weighted by molar-refractivity contribution is 6.03. The predicted octanol–water partition coefficient (Wildman–Crippen LogP) is 7.07. The lowest BCUT2D eigenvalue weighted by molar-refractivity contribution is 0.0696. The summed E-state index contributed by atoms with van der Waals surface area (Å²) in [6.07, 6.45) is 4.00. The Hall–Kier alpha value is -5.30. The fourth-order valence-electron chi connectivity index (χ4n) is 5.19. The SMILES string of the molecule is C[C@H](NC(=O)c1cc(-c2ccccc2)cn2ncc(Cc3cc(F)c4ccccc4c3)c12)c1ccc(C(=O)O)cc1. The molecule has 2 N–H and O–H groups in total. The Labute approximate surface area is 235 Å². The molecule has 1 atom stereocenters. The van der Waals surface area contributed by atoms with Crippen molar-refractivity contribution in [1.29, 1.82) is 0 Å². The van der Waals surface area contributed by atoms with Gasteiger partial charge in [0.25, 0.3) is 5.91 Å². The number of carbonyl (C=O) groups excluding carboxylic acids is 1. The molecule has 0 bridgehead atoms. The second-order valence-corrected chi connectivity index (χ2v) is 10.1. The van der Waals surface area contributed by atoms with E-state index < -0.39 is 5.97 Å². The largest absolute Gasteiger partial charge is 0.478 e. The molecule has 202 valence electrons. The van der Waals surface area contributed by atoms with Crippen LogP contribution in [0.25, 0.3) is 27.4 Å². The Balaban J connectivity index is 1.40. The molecule has 1 amide bonds. The highest BCUT2D eigenvalue weighted by Gasteiger charge is 2.20. The summed E-state index contributed by atoms with van der Waals surface area (Å²) < 4.78 is 16.6. The summed E-state index contributed by atoms with van der Waals surface area (Å²) in [5, 5.41) is 18.2. The molecule has 6 aromatic rings. The highest BCUT2D eigenvalue weighted by Crippen LogP contribution is 2.28. The first-order valence-corrected chi connectivity index (χ1v) is 13.2. The molecule has 2 aromatic heterocycles. The minimum Gasteiger partial charge on any atom is -0.478 e. The monoisotopic (exact) mass is 543 g/mol. The van der Waals surface area contributed by atoms with E-state index in [1.54, 1.807) is 28.9 Å². The molecule has 0 aliphatic carbocycles. The number of carboxylic acid groups (broad SMARTS) is 1. The molecule has 0 unspecified atom stereocenters. The molecule has 0 aliphatic heterocycles. The van der Waals surface area contributed by atoms with Gasteiger partial charge in [-0.2, -0.15) is 5.10 Å². The summed E-state index contributed by atoms with van der Waals surface area (Å²) in [5.74, 6) is -1.59. The fraction of sp³-hybridized carbons (Fsp3) is 0.0882. The topological polar surface area (TPSA) is 83.7 Å². The van der Waals surface area contributed by atoms with Gasteiger partial charge in [-0.05, 0) is 53.3 Å². The molecular weight excluding hydrogens is 517 g/mol. The quantitative estimate of drug-likeness (QED) is 0.226. The van der Waals surface area contributed by atoms with Crippen LogP contribution in [0.5, 0.6) is 0 Å². The Bertz CT molecular complexity index is 1910. The van der Waals surface area contributed by atoms with Crippen molar-refractivity contribution in [3.63, 3.8) is 0 Å². The van der Waals surface area contributed by atoms with Gasteiger partial charge >= 0.3 is 5.97 Å². The molecule has 0 saturated heterocycles. The molecule has 0 aliphatic rings. The maximum absolute atomic E-state index is 14.9. The second-order valence-electron chi connectivity index (χ2n) is 10.1. The van der Waals surface area contributed by atoms with Gasteiger partial charge in [-0.15, -0.1) is 0 Å². The van der Waals surface area contributed by atoms with E-state index >= 15 is 0 Å². The smallest absolute Gasteiger partial charge is 0.335 e. The van der Waals surface area contributed by atoms with E-state index in [-0.39, 0.29) is 23.3 Å². The third-order valence-electron chi connectivity index (χ3n) is 7.31. The van der Waals surface area contributed by atoms with Gasteiger partial charge < -0.3 is 10.4 Å². The van der Waals surface area contributed by atoms with Gasteiger partial charge in [0.05, 0.1) is 28.9 Å². The van der Waals surface area contributed by atoms with E-state index in [0.717, 1.165) is 33.2 Å². The van der Waals surface area contributed by atoms with Gasteiger partial charge in [0.15, 0.2) is 0 Å². The van der Waals surface area contributed by atoms with Gasteiger partial charge in [-0.25, -0.2) is 13.7 Å². The van der Waals surface area contributed by atoms with Crippen molar-refractivity contribution in [2.24, 2.45) is 0 Å². The second kappa shape index (κ2) is 10.7. The fourth-order valence-corrected chi connectivity index (χ4v) is 5.19. The zero-order chi connectivity index (χ0) is 28.5. The van der Waals surface area contributed by atoms with E-state index in [2.05, 4.69) is 10.4 Å². The van der Waals surface area contributed by atoms with Crippen LogP contribution >= 0.6 is 0 Å². The van der Waals surface area contributed by atoms with Crippen LogP contribution in [0.4, 0.5) is 4.39 Å². The van der Waals surface area contributed by atoms with E-state index in [9.17, 15) is 19.1 Å². The lowest BCUT2D eigenvalue weighted by atomic mass is 9.98. The van der Waals surface area contributed by atoms with Gasteiger partial charge in [0, 0.05) is 29.1 Å². The lowest BCUT2D eigenvalue weighted by Crippen LogP contribution is -2.27. The van der Waals surface area contributed by atoms with Crippen LogP contribution in [-0.4, -0.2) is 26.6 Å². The van der Waals surface area contributed by atoms with Crippen molar-refractivity contribution in [1.82, 2.24) is 14.9 Å². The van der Waals surface area contributed by atoms with Crippen LogP contribution in [0, 0.1) is 5.82 Å². The summed E-state index contributed by atoms with van der Waals surface area (Å²) in [4.78, 5) is 25.1. The van der Waals surface area contributed by atoms with Gasteiger partial charge in [-0.3, -0.25) is 4.79 Å². The van der Waals surface area contributed by atoms with Crippen LogP contribution in [0.1, 0.15) is 50.4 Å². The average molecular weight is 544 g/mol. The third kappa shape index (κ3) is 5.17. The summed E-state index contributed by atoms with van der Waals surface area (Å²) in [5.41, 5.74) is 5.38. The number of benzene rings is 4. The summed E-state index contributed by atoms with van der Waals surface area (Å²) in [7, 11) is 0. The number of carboxylic acids is 1. The van der Waals surface area contributed by atoms with Crippen molar-refractivity contribution in [3.8, 4) is 11.1 Å². The van der Waals surface area contributed by atoms with Gasteiger partial charge in [-0.1, -0.05) is 72.8 Å². The molecule has 0 spiro atoms. The number of nitrogens with zero attached hydrogens (tertiary/aromatic N) is 2. The minimum absolute atomic E-state index is 0.179. The van der Waals surface area contributed by atoms with E-state index in [1.165, 1.54) is 18.2 Å². The van der Waals surface area contributed by atoms with Gasteiger partial charge in [0.2, 0.25) is 0 Å². The maximum Gasteiger partial charge on any atom is 0.335 e. The first-order chi connectivity index (χ1) is 19.9. The third-order valence-corrected chi connectivity index (χ3v) is 7.31. The molecule has 41 heavy (non-hydrogen) atoms. The standard InChI is InChI=1S/C34H26FN3O3/c1-21(23-11-13-25(14-12-23)34(40)41)37-33(39)30-18-28(24-7-3-2-4-8-24)20-38-32(30)27(19-36-38)16-22-15-26-9-5-6-10-29(26)31(35)17-22/h2-15,17-21H,16H2,1H3,(H,37,39)(H,40,41)/t21-/m0/s1. The number of carbonyl (C=O) groups is 2. The van der Waals surface area contributed by atoms with Gasteiger partial charge in [0.1, 0.15) is 5.82 Å². The number of aromatic carboxylic acids is 1. The molecule has 6 rings (SSSR count). The Morgan fingerprint density at radius 2 is 1.66 bits per heavy atom. The van der Waals surface area contributed by atoms with E-state index in [0.29, 0.717) is 22.9 Å². The van der Waals surface area contributed by atoms with Crippen LogP contribution in [0.3, 0.4) is 0 Å². The van der Waals surface area contributed by atoms with Crippen LogP contribution in [-0.2, 0) is 6.42 Å². The van der Waals surface area contributed by atoms with E-state index in [1.807, 2.05) is 73.8 Å². The zero-order valence-corrected chi connectivity index (χ0v) is 22.2. The first kappa shape index (κ1) is 26.0. The average Bonchev–Trinajstić information content (AvgIpc) is 3.39. The minimum atomic E-state index is -1.01. The number of halogens is 1.